The van der Waals surface area contributed by atoms with Crippen LogP contribution in [0.15, 0.2) is 48.5 Å². The van der Waals surface area contributed by atoms with Gasteiger partial charge in [0.1, 0.15) is 10.8 Å². The first kappa shape index (κ1) is 20.9. The van der Waals surface area contributed by atoms with Crippen LogP contribution in [0, 0.1) is 12.7 Å². The summed E-state index contributed by atoms with van der Waals surface area (Å²) in [5, 5.41) is 14.7. The molecule has 9 heteroatoms. The summed E-state index contributed by atoms with van der Waals surface area (Å²) in [6.45, 7) is 3.17. The fraction of sp³-hybridized carbons (Fsp3) is 0.273. The first-order chi connectivity index (χ1) is 15.0. The predicted octanol–water partition coefficient (Wildman–Crippen LogP) is 4.65. The molecule has 0 aliphatic carbocycles. The Bertz CT molecular complexity index is 1090. The van der Waals surface area contributed by atoms with Gasteiger partial charge in [0.25, 0.3) is 5.91 Å². The topological polar surface area (TPSA) is 87.2 Å². The Morgan fingerprint density at radius 2 is 1.90 bits per heavy atom. The Morgan fingerprint density at radius 1 is 1.10 bits per heavy atom. The van der Waals surface area contributed by atoms with Crippen molar-refractivity contribution in [2.45, 2.75) is 25.7 Å². The maximum atomic E-state index is 13.3. The SMILES string of the molecule is Cc1ccc(NC(=O)N2CCC[C@@H](c3nnc(C(=O)Nc4cccc(F)c4)s3)C2)cc1. The predicted molar refractivity (Wildman–Crippen MR) is 118 cm³/mol. The van der Waals surface area contributed by atoms with Crippen molar-refractivity contribution >= 4 is 34.6 Å². The van der Waals surface area contributed by atoms with Gasteiger partial charge in [0.2, 0.25) is 5.01 Å². The average Bonchev–Trinajstić information content (AvgIpc) is 3.26. The van der Waals surface area contributed by atoms with Crippen molar-refractivity contribution in [3.8, 4) is 0 Å². The molecule has 0 radical (unpaired) electrons. The molecule has 0 saturated carbocycles. The second kappa shape index (κ2) is 9.22. The third kappa shape index (κ3) is 5.24. The third-order valence-electron chi connectivity index (χ3n) is 5.08. The van der Waals surface area contributed by atoms with E-state index >= 15 is 0 Å². The summed E-state index contributed by atoms with van der Waals surface area (Å²) in [7, 11) is 0. The fourth-order valence-corrected chi connectivity index (χ4v) is 4.31. The van der Waals surface area contributed by atoms with E-state index in [1.165, 1.54) is 29.5 Å². The van der Waals surface area contributed by atoms with Crippen molar-refractivity contribution in [3.63, 3.8) is 0 Å². The monoisotopic (exact) mass is 439 g/mol. The summed E-state index contributed by atoms with van der Waals surface area (Å²) in [5.41, 5.74) is 2.24. The zero-order valence-corrected chi connectivity index (χ0v) is 17.8. The molecule has 7 nitrogen and oxygen atoms in total. The normalized spacial score (nSPS) is 16.1. The standard InChI is InChI=1S/C22H22FN5O2S/c1-14-7-9-17(10-8-14)25-22(30)28-11-3-4-15(13-28)20-26-27-21(31-20)19(29)24-18-6-2-5-16(23)12-18/h2,5-10,12,15H,3-4,11,13H2,1H3,(H,24,29)(H,25,30)/t15-/m1/s1. The van der Waals surface area contributed by atoms with Gasteiger partial charge in [-0.05, 0) is 50.1 Å². The van der Waals surface area contributed by atoms with Crippen LogP contribution in [0.1, 0.15) is 39.1 Å². The number of rotatable bonds is 4. The highest BCUT2D eigenvalue weighted by Gasteiger charge is 2.28. The zero-order chi connectivity index (χ0) is 21.8. The number of carbonyl (C=O) groups is 2. The average molecular weight is 440 g/mol. The molecule has 4 rings (SSSR count). The van der Waals surface area contributed by atoms with Crippen LogP contribution in [-0.4, -0.2) is 40.1 Å². The van der Waals surface area contributed by atoms with Gasteiger partial charge in [-0.15, -0.1) is 10.2 Å². The number of carbonyl (C=O) groups excluding carboxylic acids is 2. The van der Waals surface area contributed by atoms with Crippen LogP contribution < -0.4 is 10.6 Å². The van der Waals surface area contributed by atoms with E-state index in [0.717, 1.165) is 29.1 Å². The van der Waals surface area contributed by atoms with Crippen molar-refractivity contribution in [2.24, 2.45) is 0 Å². The van der Waals surface area contributed by atoms with Crippen molar-refractivity contribution in [1.29, 1.82) is 0 Å². The number of likely N-dealkylation sites (tertiary alicyclic amines) is 1. The number of hydrogen-bond donors (Lipinski definition) is 2. The molecule has 0 unspecified atom stereocenters. The first-order valence-electron chi connectivity index (χ1n) is 10.0. The Labute approximate surface area is 183 Å². The minimum atomic E-state index is -0.431. The minimum Gasteiger partial charge on any atom is -0.324 e. The largest absolute Gasteiger partial charge is 0.324 e. The van der Waals surface area contributed by atoms with E-state index < -0.39 is 11.7 Å². The Kier molecular flexibility index (Phi) is 6.22. The Hall–Kier alpha value is -3.33. The number of nitrogens with zero attached hydrogens (tertiary/aromatic N) is 3. The van der Waals surface area contributed by atoms with E-state index in [1.54, 1.807) is 11.0 Å². The molecule has 3 amide bonds. The number of piperidine rings is 1. The Morgan fingerprint density at radius 3 is 2.68 bits per heavy atom. The smallest absolute Gasteiger partial charge is 0.321 e. The molecule has 1 aliphatic rings. The summed E-state index contributed by atoms with van der Waals surface area (Å²) >= 11 is 1.20. The van der Waals surface area contributed by atoms with Crippen LogP contribution in [0.25, 0.3) is 0 Å². The number of benzene rings is 2. The number of aromatic nitrogens is 2. The van der Waals surface area contributed by atoms with Crippen LogP contribution in [0.3, 0.4) is 0 Å². The molecule has 3 aromatic rings. The maximum Gasteiger partial charge on any atom is 0.321 e. The number of hydrogen-bond acceptors (Lipinski definition) is 5. The summed E-state index contributed by atoms with van der Waals surface area (Å²) in [5.74, 6) is -0.841. The minimum absolute atomic E-state index is 0.0192. The van der Waals surface area contributed by atoms with Crippen molar-refractivity contribution in [3.05, 3.63) is 69.9 Å². The molecule has 1 atom stereocenters. The van der Waals surface area contributed by atoms with Crippen LogP contribution in [-0.2, 0) is 0 Å². The molecule has 0 bridgehead atoms. The van der Waals surface area contributed by atoms with Crippen molar-refractivity contribution < 1.29 is 14.0 Å². The van der Waals surface area contributed by atoms with Gasteiger partial charge in [-0.2, -0.15) is 0 Å². The summed E-state index contributed by atoms with van der Waals surface area (Å²) in [4.78, 5) is 26.8. The van der Waals surface area contributed by atoms with E-state index in [1.807, 2.05) is 31.2 Å². The third-order valence-corrected chi connectivity index (χ3v) is 6.16. The Balaban J connectivity index is 1.38. The quantitative estimate of drug-likeness (QED) is 0.620. The van der Waals surface area contributed by atoms with Gasteiger partial charge < -0.3 is 15.5 Å². The first-order valence-corrected chi connectivity index (χ1v) is 10.8. The van der Waals surface area contributed by atoms with Crippen molar-refractivity contribution in [2.75, 3.05) is 23.7 Å². The van der Waals surface area contributed by atoms with Gasteiger partial charge >= 0.3 is 6.03 Å². The molecule has 1 aromatic heterocycles. The lowest BCUT2D eigenvalue weighted by Gasteiger charge is -2.31. The molecular weight excluding hydrogens is 417 g/mol. The number of anilines is 2. The van der Waals surface area contributed by atoms with Crippen LogP contribution >= 0.6 is 11.3 Å². The van der Waals surface area contributed by atoms with Gasteiger partial charge in [0.15, 0.2) is 0 Å². The number of aryl methyl sites for hydroxylation is 1. The van der Waals surface area contributed by atoms with Gasteiger partial charge in [0.05, 0.1) is 0 Å². The number of nitrogens with one attached hydrogen (secondary N) is 2. The molecule has 160 valence electrons. The number of halogens is 1. The fourth-order valence-electron chi connectivity index (χ4n) is 3.44. The molecule has 2 aromatic carbocycles. The van der Waals surface area contributed by atoms with Gasteiger partial charge in [0, 0.05) is 30.4 Å². The summed E-state index contributed by atoms with van der Waals surface area (Å²) in [6.07, 6.45) is 1.71. The molecule has 2 N–H and O–H groups in total. The van der Waals surface area contributed by atoms with E-state index in [4.69, 9.17) is 0 Å². The van der Waals surface area contributed by atoms with Gasteiger partial charge in [-0.1, -0.05) is 35.1 Å². The molecule has 2 heterocycles. The molecular formula is C22H22FN5O2S. The highest BCUT2D eigenvalue weighted by molar-refractivity contribution is 7.13. The summed E-state index contributed by atoms with van der Waals surface area (Å²) < 4.78 is 13.3. The van der Waals surface area contributed by atoms with Crippen LogP contribution in [0.5, 0.6) is 0 Å². The van der Waals surface area contributed by atoms with E-state index in [-0.39, 0.29) is 17.0 Å². The lowest BCUT2D eigenvalue weighted by Crippen LogP contribution is -2.41. The molecule has 0 spiro atoms. The second-order valence-electron chi connectivity index (χ2n) is 7.49. The highest BCUT2D eigenvalue weighted by atomic mass is 32.1. The molecule has 1 saturated heterocycles. The maximum absolute atomic E-state index is 13.3. The second-order valence-corrected chi connectivity index (χ2v) is 8.50. The molecule has 1 fully saturated rings. The van der Waals surface area contributed by atoms with Crippen LogP contribution in [0.4, 0.5) is 20.6 Å². The van der Waals surface area contributed by atoms with Gasteiger partial charge in [-0.25, -0.2) is 9.18 Å². The lowest BCUT2D eigenvalue weighted by molar-refractivity contribution is 0.102. The molecule has 31 heavy (non-hydrogen) atoms. The van der Waals surface area contributed by atoms with E-state index in [0.29, 0.717) is 18.8 Å². The number of urea groups is 1. The van der Waals surface area contributed by atoms with Crippen LogP contribution in [0.2, 0.25) is 0 Å². The molecule has 1 aliphatic heterocycles. The van der Waals surface area contributed by atoms with Gasteiger partial charge in [-0.3, -0.25) is 4.79 Å². The zero-order valence-electron chi connectivity index (χ0n) is 17.0. The summed E-state index contributed by atoms with van der Waals surface area (Å²) in [6, 6.07) is 13.2. The highest BCUT2D eigenvalue weighted by Crippen LogP contribution is 2.29. The van der Waals surface area contributed by atoms with E-state index in [9.17, 15) is 14.0 Å². The van der Waals surface area contributed by atoms with Crippen molar-refractivity contribution in [1.82, 2.24) is 15.1 Å². The number of amides is 3. The van der Waals surface area contributed by atoms with E-state index in [2.05, 4.69) is 20.8 Å². The lowest BCUT2D eigenvalue weighted by atomic mass is 9.99.